The molecule has 0 amide bonds. The predicted octanol–water partition coefficient (Wildman–Crippen LogP) is 2.69. The molecule has 162 valence electrons. The van der Waals surface area contributed by atoms with Gasteiger partial charge in [0.2, 0.25) is 0 Å². The van der Waals surface area contributed by atoms with E-state index in [-0.39, 0.29) is 5.56 Å². The van der Waals surface area contributed by atoms with E-state index in [1.807, 2.05) is 40.3 Å². The molecular formula is C27H28N2O2Si. The van der Waals surface area contributed by atoms with Crippen LogP contribution in [0.25, 0.3) is 5.57 Å². The lowest BCUT2D eigenvalue weighted by Gasteiger charge is -2.38. The van der Waals surface area contributed by atoms with Gasteiger partial charge < -0.3 is 14.8 Å². The van der Waals surface area contributed by atoms with Crippen molar-refractivity contribution in [1.29, 1.82) is 0 Å². The monoisotopic (exact) mass is 440 g/mol. The Morgan fingerprint density at radius 1 is 1.09 bits per heavy atom. The first-order chi connectivity index (χ1) is 15.2. The second-order valence-corrected chi connectivity index (χ2v) is 12.8. The van der Waals surface area contributed by atoms with Gasteiger partial charge in [0.15, 0.2) is 5.71 Å². The minimum atomic E-state index is -2.30. The van der Waals surface area contributed by atoms with Crippen LogP contribution in [-0.2, 0) is 0 Å². The molecule has 1 heterocycles. The van der Waals surface area contributed by atoms with Crippen LogP contribution < -0.4 is 15.2 Å². The van der Waals surface area contributed by atoms with E-state index >= 15 is 0 Å². The molecule has 0 bridgehead atoms. The largest absolute Gasteiger partial charge is 0.545 e. The van der Waals surface area contributed by atoms with Crippen molar-refractivity contribution >= 4 is 36.2 Å². The van der Waals surface area contributed by atoms with Gasteiger partial charge in [-0.3, -0.25) is 0 Å². The van der Waals surface area contributed by atoms with Gasteiger partial charge in [-0.15, -0.1) is 6.58 Å². The van der Waals surface area contributed by atoms with Crippen molar-refractivity contribution in [2.24, 2.45) is 0 Å². The van der Waals surface area contributed by atoms with Crippen molar-refractivity contribution in [2.75, 3.05) is 33.1 Å². The highest BCUT2D eigenvalue weighted by Crippen LogP contribution is 2.42. The van der Waals surface area contributed by atoms with Gasteiger partial charge in [0, 0.05) is 37.5 Å². The first kappa shape index (κ1) is 21.8. The maximum atomic E-state index is 12.0. The molecule has 0 N–H and O–H groups in total. The second-order valence-electron chi connectivity index (χ2n) is 8.86. The van der Waals surface area contributed by atoms with E-state index in [1.165, 1.54) is 10.4 Å². The SMILES string of the molecule is C=C[Si]1(C)C2=CC(=[N+](C)C)C=CC2=C(c2ccccc2C(=O)[O-])c2ccc(N(C)C)cc21. The fourth-order valence-electron chi connectivity index (χ4n) is 4.60. The summed E-state index contributed by atoms with van der Waals surface area (Å²) in [6.45, 7) is 6.59. The summed E-state index contributed by atoms with van der Waals surface area (Å²) >= 11 is 0. The number of carboxylic acids is 1. The molecule has 0 saturated carbocycles. The smallest absolute Gasteiger partial charge is 0.199 e. The van der Waals surface area contributed by atoms with E-state index in [4.69, 9.17) is 0 Å². The van der Waals surface area contributed by atoms with Crippen LogP contribution in [0.1, 0.15) is 21.5 Å². The molecule has 4 rings (SSSR count). The fourth-order valence-corrected chi connectivity index (χ4v) is 7.76. The number of anilines is 1. The van der Waals surface area contributed by atoms with Gasteiger partial charge in [-0.25, -0.2) is 4.58 Å². The lowest BCUT2D eigenvalue weighted by Crippen LogP contribution is -2.51. The number of nitrogens with zero attached hydrogens (tertiary/aromatic N) is 2. The number of hydrogen-bond donors (Lipinski definition) is 0. The van der Waals surface area contributed by atoms with Crippen molar-refractivity contribution in [1.82, 2.24) is 0 Å². The summed E-state index contributed by atoms with van der Waals surface area (Å²) < 4.78 is 2.10. The number of allylic oxidation sites excluding steroid dienone is 5. The number of aromatic carboxylic acids is 1. The molecule has 1 atom stereocenters. The van der Waals surface area contributed by atoms with Crippen LogP contribution in [-0.4, -0.2) is 52.5 Å². The number of benzene rings is 2. The van der Waals surface area contributed by atoms with Gasteiger partial charge in [0.05, 0.1) is 5.97 Å². The summed E-state index contributed by atoms with van der Waals surface area (Å²) in [5.74, 6) is -1.17. The molecule has 2 aliphatic rings. The summed E-state index contributed by atoms with van der Waals surface area (Å²) in [6.07, 6.45) is 6.47. The highest BCUT2D eigenvalue weighted by atomic mass is 28.3. The van der Waals surface area contributed by atoms with E-state index in [0.717, 1.165) is 28.1 Å². The first-order valence-corrected chi connectivity index (χ1v) is 13.2. The van der Waals surface area contributed by atoms with Gasteiger partial charge in [-0.05, 0) is 50.9 Å². The molecule has 1 aliphatic carbocycles. The zero-order chi connectivity index (χ0) is 23.2. The minimum absolute atomic E-state index is 0.205. The molecule has 1 aliphatic heterocycles. The molecule has 2 aromatic carbocycles. The van der Waals surface area contributed by atoms with Gasteiger partial charge in [-0.1, -0.05) is 42.6 Å². The summed E-state index contributed by atoms with van der Waals surface area (Å²) in [5.41, 5.74) is 8.34. The van der Waals surface area contributed by atoms with Crippen molar-refractivity contribution in [3.05, 3.63) is 100 Å². The minimum Gasteiger partial charge on any atom is -0.545 e. The number of carbonyl (C=O) groups is 1. The molecule has 4 nitrogen and oxygen atoms in total. The summed E-state index contributed by atoms with van der Waals surface area (Å²) in [4.78, 5) is 14.1. The van der Waals surface area contributed by atoms with Gasteiger partial charge in [0.25, 0.3) is 0 Å². The van der Waals surface area contributed by atoms with Crippen LogP contribution in [0.2, 0.25) is 6.55 Å². The van der Waals surface area contributed by atoms with Crippen LogP contribution in [0.15, 0.2) is 83.7 Å². The molecule has 0 radical (unpaired) electrons. The van der Waals surface area contributed by atoms with Crippen molar-refractivity contribution in [2.45, 2.75) is 6.55 Å². The molecule has 0 saturated heterocycles. The van der Waals surface area contributed by atoms with Crippen LogP contribution in [0.4, 0.5) is 5.69 Å². The van der Waals surface area contributed by atoms with E-state index < -0.39 is 14.0 Å². The molecule has 1 unspecified atom stereocenters. The normalized spacial score (nSPS) is 19.2. The Morgan fingerprint density at radius 3 is 2.44 bits per heavy atom. The topological polar surface area (TPSA) is 46.4 Å². The second kappa shape index (κ2) is 7.91. The van der Waals surface area contributed by atoms with Crippen LogP contribution in [0.3, 0.4) is 0 Å². The van der Waals surface area contributed by atoms with Crippen molar-refractivity contribution in [3.63, 3.8) is 0 Å². The molecule has 5 heteroatoms. The Morgan fingerprint density at radius 2 is 1.81 bits per heavy atom. The molecule has 0 aromatic heterocycles. The third-order valence-electron chi connectivity index (χ3n) is 6.52. The zero-order valence-electron chi connectivity index (χ0n) is 19.3. The van der Waals surface area contributed by atoms with Crippen LogP contribution in [0.5, 0.6) is 0 Å². The van der Waals surface area contributed by atoms with Crippen molar-refractivity contribution in [3.8, 4) is 0 Å². The lowest BCUT2D eigenvalue weighted by molar-refractivity contribution is -0.462. The third-order valence-corrected chi connectivity index (χ3v) is 10.4. The molecule has 32 heavy (non-hydrogen) atoms. The van der Waals surface area contributed by atoms with Crippen LogP contribution >= 0.6 is 0 Å². The summed E-state index contributed by atoms with van der Waals surface area (Å²) in [5, 5.41) is 14.5. The highest BCUT2D eigenvalue weighted by molar-refractivity contribution is 7.02. The Labute approximate surface area is 190 Å². The number of hydrogen-bond acceptors (Lipinski definition) is 3. The number of carboxylic acid groups (broad SMARTS) is 1. The van der Waals surface area contributed by atoms with E-state index in [1.54, 1.807) is 12.1 Å². The Kier molecular flexibility index (Phi) is 5.39. The molecule has 0 fully saturated rings. The predicted molar refractivity (Wildman–Crippen MR) is 133 cm³/mol. The van der Waals surface area contributed by atoms with Gasteiger partial charge in [-0.2, -0.15) is 0 Å². The number of carbonyl (C=O) groups excluding carboxylic acids is 1. The highest BCUT2D eigenvalue weighted by Gasteiger charge is 2.42. The Balaban J connectivity index is 2.17. The third kappa shape index (κ3) is 3.29. The zero-order valence-corrected chi connectivity index (χ0v) is 20.3. The van der Waals surface area contributed by atoms with Gasteiger partial charge in [0.1, 0.15) is 22.2 Å². The maximum absolute atomic E-state index is 12.0. The quantitative estimate of drug-likeness (QED) is 0.543. The molecule has 2 aromatic rings. The molecular weight excluding hydrogens is 412 g/mol. The van der Waals surface area contributed by atoms with E-state index in [9.17, 15) is 9.90 Å². The van der Waals surface area contributed by atoms with E-state index in [2.05, 4.69) is 64.7 Å². The standard InChI is InChI=1S/C27H28N2O2Si/c1-7-32(6)24-16-18(28(2)3)12-14-22(24)26(20-10-8-9-11-21(20)27(30)31)23-15-13-19(29(4)5)17-25(23)32/h7-17H,1H2,2-6H3. The average Bonchev–Trinajstić information content (AvgIpc) is 2.78. The number of fused-ring (bicyclic) bond motifs is 2. The molecule has 0 spiro atoms. The summed E-state index contributed by atoms with van der Waals surface area (Å²) in [7, 11) is 5.83. The van der Waals surface area contributed by atoms with Crippen molar-refractivity contribution < 1.29 is 14.5 Å². The number of rotatable bonds is 4. The lowest BCUT2D eigenvalue weighted by atomic mass is 9.87. The summed E-state index contributed by atoms with van der Waals surface area (Å²) in [6, 6.07) is 13.6. The van der Waals surface area contributed by atoms with Gasteiger partial charge >= 0.3 is 0 Å². The van der Waals surface area contributed by atoms with Crippen LogP contribution in [0, 0.1) is 0 Å². The Bertz CT molecular complexity index is 1280. The Hall–Kier alpha value is -3.44. The maximum Gasteiger partial charge on any atom is 0.199 e. The average molecular weight is 441 g/mol. The first-order valence-electron chi connectivity index (χ1n) is 10.6. The fraction of sp³-hybridized carbons (Fsp3) is 0.185. The van der Waals surface area contributed by atoms with E-state index in [0.29, 0.717) is 5.56 Å².